The Morgan fingerprint density at radius 1 is 1.14 bits per heavy atom. The lowest BCUT2D eigenvalue weighted by atomic mass is 9.89. The van der Waals surface area contributed by atoms with Gasteiger partial charge in [0, 0.05) is 37.1 Å². The third kappa shape index (κ3) is 6.14. The summed E-state index contributed by atoms with van der Waals surface area (Å²) in [5, 5.41) is 42.6. The minimum Gasteiger partial charge on any atom is -0.465 e. The third-order valence-electron chi connectivity index (χ3n) is 7.64. The zero-order valence-electron chi connectivity index (χ0n) is 22.9. The van der Waals surface area contributed by atoms with Gasteiger partial charge >= 0.3 is 6.09 Å². The van der Waals surface area contributed by atoms with E-state index in [0.717, 1.165) is 12.1 Å². The third-order valence-corrected chi connectivity index (χ3v) is 7.64. The molecule has 0 radical (unpaired) electrons. The van der Waals surface area contributed by atoms with Crippen molar-refractivity contribution < 1.29 is 47.3 Å². The van der Waals surface area contributed by atoms with E-state index in [1.165, 1.54) is 15.8 Å². The van der Waals surface area contributed by atoms with Crippen molar-refractivity contribution in [1.29, 1.82) is 0 Å². The van der Waals surface area contributed by atoms with E-state index >= 15 is 0 Å². The minimum atomic E-state index is -1.60. The van der Waals surface area contributed by atoms with Crippen molar-refractivity contribution >= 4 is 6.09 Å². The van der Waals surface area contributed by atoms with Crippen LogP contribution in [0.1, 0.15) is 50.1 Å². The molecule has 15 heteroatoms. The molecule has 12 nitrogen and oxygen atoms in total. The molecule has 42 heavy (non-hydrogen) atoms. The zero-order chi connectivity index (χ0) is 30.1. The molecule has 2 aromatic heterocycles. The number of amides is 1. The van der Waals surface area contributed by atoms with Crippen LogP contribution in [0.2, 0.25) is 0 Å². The Kier molecular flexibility index (Phi) is 8.82. The van der Waals surface area contributed by atoms with Crippen LogP contribution in [0.4, 0.5) is 18.0 Å². The summed E-state index contributed by atoms with van der Waals surface area (Å²) < 4.78 is 60.4. The van der Waals surface area contributed by atoms with Crippen LogP contribution in [0.5, 0.6) is 0 Å². The summed E-state index contributed by atoms with van der Waals surface area (Å²) in [7, 11) is 0. The first-order valence-corrected chi connectivity index (χ1v) is 13.7. The molecule has 0 aliphatic carbocycles. The van der Waals surface area contributed by atoms with Crippen molar-refractivity contribution in [1.82, 2.24) is 25.1 Å². The number of carbonyl (C=O) groups is 1. The smallest absolute Gasteiger partial charge is 0.407 e. The van der Waals surface area contributed by atoms with Gasteiger partial charge in [-0.1, -0.05) is 10.4 Å². The standard InChI is InChI=1S/C27H32F3N5O7/c1-13(2)40-26-21(10-16-9-20(42-32-16)14-3-5-34(6-4-14)27(38)39)41-22(12-36)25(37)24(26)35-11-19(31-33-35)15-7-17(28)23(30)18(29)8-15/h7-9,11,13-14,21-22,24-26,36-37H,3-6,10,12H2,1-2H3,(H,38,39)/t21-,22-,24+,25+,26+/m1/s1. The zero-order valence-corrected chi connectivity index (χ0v) is 22.9. The predicted molar refractivity (Wildman–Crippen MR) is 138 cm³/mol. The minimum absolute atomic E-state index is 0.00583. The summed E-state index contributed by atoms with van der Waals surface area (Å²) in [6.45, 7) is 3.85. The van der Waals surface area contributed by atoms with Crippen molar-refractivity contribution in [3.63, 3.8) is 0 Å². The highest BCUT2D eigenvalue weighted by Crippen LogP contribution is 2.36. The molecule has 0 spiro atoms. The number of rotatable bonds is 8. The number of piperidine rings is 1. The molecule has 3 N–H and O–H groups in total. The molecule has 0 unspecified atom stereocenters. The fourth-order valence-electron chi connectivity index (χ4n) is 5.56. The first kappa shape index (κ1) is 29.9. The monoisotopic (exact) mass is 595 g/mol. The highest BCUT2D eigenvalue weighted by atomic mass is 19.2. The highest BCUT2D eigenvalue weighted by molar-refractivity contribution is 5.65. The SMILES string of the molecule is CC(C)O[C@@H]1[C@@H](n2cc(-c3cc(F)c(F)c(F)c3)nn2)[C@@H](O)[C@@H](CO)O[C@@H]1Cc1cc(C2CCN(C(=O)O)CC2)on1. The van der Waals surface area contributed by atoms with Gasteiger partial charge in [-0.15, -0.1) is 5.10 Å². The number of hydrogen-bond acceptors (Lipinski definition) is 9. The second-order valence-corrected chi connectivity index (χ2v) is 10.8. The predicted octanol–water partition coefficient (Wildman–Crippen LogP) is 2.91. The molecule has 0 bridgehead atoms. The van der Waals surface area contributed by atoms with E-state index in [1.54, 1.807) is 19.9 Å². The highest BCUT2D eigenvalue weighted by Gasteiger charge is 2.48. The maximum atomic E-state index is 13.9. The fraction of sp³-hybridized carbons (Fsp3) is 0.556. The van der Waals surface area contributed by atoms with Crippen LogP contribution in [-0.2, 0) is 15.9 Å². The summed E-state index contributed by atoms with van der Waals surface area (Å²) in [5.41, 5.74) is 0.512. The molecule has 5 rings (SSSR count). The first-order chi connectivity index (χ1) is 20.0. The Balaban J connectivity index is 1.40. The van der Waals surface area contributed by atoms with Gasteiger partial charge in [-0.25, -0.2) is 22.6 Å². The molecule has 2 saturated heterocycles. The second kappa shape index (κ2) is 12.4. The summed E-state index contributed by atoms with van der Waals surface area (Å²) in [6.07, 6.45) is -2.47. The Morgan fingerprint density at radius 2 is 1.83 bits per heavy atom. The molecule has 1 aromatic carbocycles. The Bertz CT molecular complexity index is 1370. The van der Waals surface area contributed by atoms with E-state index in [9.17, 15) is 33.3 Å². The number of carboxylic acid groups (broad SMARTS) is 1. The summed E-state index contributed by atoms with van der Waals surface area (Å²) >= 11 is 0. The molecule has 0 saturated carbocycles. The number of likely N-dealkylation sites (tertiary alicyclic amines) is 1. The number of ether oxygens (including phenoxy) is 2. The van der Waals surface area contributed by atoms with Crippen LogP contribution in [0, 0.1) is 17.5 Å². The normalized spacial score (nSPS) is 25.3. The number of aliphatic hydroxyl groups excluding tert-OH is 2. The largest absolute Gasteiger partial charge is 0.465 e. The van der Waals surface area contributed by atoms with Crippen LogP contribution in [-0.4, -0.2) is 96.7 Å². The van der Waals surface area contributed by atoms with E-state index in [-0.39, 0.29) is 29.7 Å². The lowest BCUT2D eigenvalue weighted by Gasteiger charge is -2.44. The average Bonchev–Trinajstić information content (AvgIpc) is 3.63. The topological polar surface area (TPSA) is 156 Å². The molecular formula is C27H32F3N5O7. The van der Waals surface area contributed by atoms with Gasteiger partial charge in [0.15, 0.2) is 17.5 Å². The summed E-state index contributed by atoms with van der Waals surface area (Å²) in [5.74, 6) is -3.74. The molecule has 2 fully saturated rings. The van der Waals surface area contributed by atoms with Crippen molar-refractivity contribution in [3.05, 3.63) is 53.3 Å². The second-order valence-electron chi connectivity index (χ2n) is 10.8. The van der Waals surface area contributed by atoms with Gasteiger partial charge in [0.25, 0.3) is 0 Å². The number of hydrogen-bond donors (Lipinski definition) is 3. The van der Waals surface area contributed by atoms with Gasteiger partial charge in [-0.05, 0) is 38.8 Å². The van der Waals surface area contributed by atoms with E-state index in [0.29, 0.717) is 37.4 Å². The van der Waals surface area contributed by atoms with Crippen molar-refractivity contribution in [2.24, 2.45) is 0 Å². The number of aliphatic hydroxyl groups is 2. The van der Waals surface area contributed by atoms with Crippen molar-refractivity contribution in [2.45, 2.75) is 75.6 Å². The Labute approximate surface area is 238 Å². The van der Waals surface area contributed by atoms with E-state index in [1.807, 2.05) is 0 Å². The molecule has 4 heterocycles. The van der Waals surface area contributed by atoms with Crippen LogP contribution in [0.3, 0.4) is 0 Å². The van der Waals surface area contributed by atoms with Gasteiger partial charge in [0.1, 0.15) is 35.8 Å². The van der Waals surface area contributed by atoms with Gasteiger partial charge in [0.2, 0.25) is 0 Å². The average molecular weight is 596 g/mol. The quantitative estimate of drug-likeness (QED) is 0.331. The number of nitrogens with zero attached hydrogens (tertiary/aromatic N) is 5. The Hall–Kier alpha value is -3.53. The van der Waals surface area contributed by atoms with Gasteiger partial charge < -0.3 is 34.2 Å². The summed E-state index contributed by atoms with van der Waals surface area (Å²) in [6, 6.07) is 2.44. The first-order valence-electron chi connectivity index (χ1n) is 13.7. The lowest BCUT2D eigenvalue weighted by molar-refractivity contribution is -0.225. The molecule has 5 atom stereocenters. The summed E-state index contributed by atoms with van der Waals surface area (Å²) in [4.78, 5) is 12.6. The van der Waals surface area contributed by atoms with Gasteiger partial charge in [-0.3, -0.25) is 0 Å². The van der Waals surface area contributed by atoms with E-state index in [4.69, 9.17) is 14.0 Å². The molecular weight excluding hydrogens is 563 g/mol. The van der Waals surface area contributed by atoms with E-state index < -0.39 is 60.6 Å². The van der Waals surface area contributed by atoms with Crippen molar-refractivity contribution in [2.75, 3.05) is 19.7 Å². The molecule has 228 valence electrons. The van der Waals surface area contributed by atoms with Crippen LogP contribution >= 0.6 is 0 Å². The molecule has 2 aliphatic rings. The number of halogens is 3. The molecule has 3 aromatic rings. The van der Waals surface area contributed by atoms with E-state index in [2.05, 4.69) is 15.5 Å². The van der Waals surface area contributed by atoms with Crippen LogP contribution in [0.25, 0.3) is 11.3 Å². The van der Waals surface area contributed by atoms with Crippen LogP contribution in [0.15, 0.2) is 28.9 Å². The number of aromatic nitrogens is 4. The fourth-order valence-corrected chi connectivity index (χ4v) is 5.56. The molecule has 2 aliphatic heterocycles. The maximum Gasteiger partial charge on any atom is 0.407 e. The van der Waals surface area contributed by atoms with Gasteiger partial charge in [0.05, 0.1) is 30.7 Å². The maximum absolute atomic E-state index is 13.9. The number of benzene rings is 1. The molecule has 1 amide bonds. The van der Waals surface area contributed by atoms with Crippen molar-refractivity contribution in [3.8, 4) is 11.3 Å². The lowest BCUT2D eigenvalue weighted by Crippen LogP contribution is -2.58. The Morgan fingerprint density at radius 3 is 2.45 bits per heavy atom. The van der Waals surface area contributed by atoms with Crippen LogP contribution < -0.4 is 0 Å². The van der Waals surface area contributed by atoms with Gasteiger partial charge in [-0.2, -0.15) is 0 Å².